The Morgan fingerprint density at radius 1 is 1.47 bits per heavy atom. The monoisotopic (exact) mass is 274 g/mol. The van der Waals surface area contributed by atoms with E-state index in [2.05, 4.69) is 22.1 Å². The van der Waals surface area contributed by atoms with Gasteiger partial charge in [-0.1, -0.05) is 24.0 Å². The molecule has 0 saturated carbocycles. The third kappa shape index (κ3) is 3.63. The first-order valence-corrected chi connectivity index (χ1v) is 6.48. The van der Waals surface area contributed by atoms with Crippen LogP contribution >= 0.6 is 11.3 Å². The molecule has 0 fully saturated rings. The predicted octanol–water partition coefficient (Wildman–Crippen LogP) is 2.37. The summed E-state index contributed by atoms with van der Waals surface area (Å²) in [5, 5.41) is 5.14. The first-order chi connectivity index (χ1) is 9.16. The maximum absolute atomic E-state index is 13.2. The highest BCUT2D eigenvalue weighted by Gasteiger charge is 2.07. The second kappa shape index (κ2) is 6.12. The minimum absolute atomic E-state index is 0.156. The van der Waals surface area contributed by atoms with Crippen LogP contribution in [0.1, 0.15) is 21.1 Å². The Morgan fingerprint density at radius 2 is 2.26 bits per heavy atom. The van der Waals surface area contributed by atoms with Gasteiger partial charge in [0.15, 0.2) is 0 Å². The van der Waals surface area contributed by atoms with Gasteiger partial charge in [-0.3, -0.25) is 4.79 Å². The number of halogens is 1. The van der Waals surface area contributed by atoms with E-state index in [1.807, 2.05) is 6.92 Å². The minimum atomic E-state index is -0.364. The van der Waals surface area contributed by atoms with E-state index in [9.17, 15) is 9.18 Å². The highest BCUT2D eigenvalue weighted by Crippen LogP contribution is 2.07. The average Bonchev–Trinajstić information content (AvgIpc) is 2.83. The van der Waals surface area contributed by atoms with Gasteiger partial charge in [0.2, 0.25) is 0 Å². The van der Waals surface area contributed by atoms with Gasteiger partial charge >= 0.3 is 0 Å². The smallest absolute Gasteiger partial charge is 0.271 e. The van der Waals surface area contributed by atoms with E-state index in [0.717, 1.165) is 5.01 Å². The molecule has 1 heterocycles. The van der Waals surface area contributed by atoms with Gasteiger partial charge in [0, 0.05) is 5.38 Å². The van der Waals surface area contributed by atoms with Crippen molar-refractivity contribution < 1.29 is 9.18 Å². The number of hydrogen-bond donors (Lipinski definition) is 1. The molecule has 1 amide bonds. The quantitative estimate of drug-likeness (QED) is 0.854. The lowest BCUT2D eigenvalue weighted by Gasteiger charge is -1.96. The predicted molar refractivity (Wildman–Crippen MR) is 72.5 cm³/mol. The van der Waals surface area contributed by atoms with Crippen molar-refractivity contribution in [3.8, 4) is 11.8 Å². The van der Waals surface area contributed by atoms with E-state index in [1.165, 1.54) is 17.4 Å². The molecule has 19 heavy (non-hydrogen) atoms. The summed E-state index contributed by atoms with van der Waals surface area (Å²) in [7, 11) is 0. The van der Waals surface area contributed by atoms with Crippen LogP contribution < -0.4 is 5.32 Å². The Hall–Kier alpha value is -2.19. The summed E-state index contributed by atoms with van der Waals surface area (Å²) in [6.07, 6.45) is 0. The number of carbonyl (C=O) groups is 1. The van der Waals surface area contributed by atoms with Crippen molar-refractivity contribution in [2.45, 2.75) is 6.92 Å². The Morgan fingerprint density at radius 3 is 2.95 bits per heavy atom. The van der Waals surface area contributed by atoms with Gasteiger partial charge < -0.3 is 5.32 Å². The number of aryl methyl sites for hydroxylation is 1. The summed E-state index contributed by atoms with van der Waals surface area (Å²) in [6.45, 7) is 1.99. The normalized spacial score (nSPS) is 9.58. The van der Waals surface area contributed by atoms with Crippen LogP contribution in [0.4, 0.5) is 4.39 Å². The molecule has 0 unspecified atom stereocenters. The number of benzene rings is 1. The number of nitrogens with one attached hydrogen (secondary N) is 1. The third-order valence-electron chi connectivity index (χ3n) is 2.29. The van der Waals surface area contributed by atoms with Gasteiger partial charge in [0.1, 0.15) is 11.5 Å². The number of rotatable bonds is 2. The topological polar surface area (TPSA) is 42.0 Å². The number of hydrogen-bond acceptors (Lipinski definition) is 3. The first kappa shape index (κ1) is 13.2. The average molecular weight is 274 g/mol. The fraction of sp³-hybridized carbons (Fsp3) is 0.143. The summed E-state index contributed by atoms with van der Waals surface area (Å²) < 4.78 is 13.2. The van der Waals surface area contributed by atoms with E-state index >= 15 is 0 Å². The standard InChI is InChI=1S/C14H11FN2OS/c1-10-17-13(9-19-10)14(18)16-8-4-6-11-5-2-3-7-12(11)15/h2-3,5,7,9H,8H2,1H3,(H,16,18). The van der Waals surface area contributed by atoms with E-state index in [1.54, 1.807) is 23.6 Å². The van der Waals surface area contributed by atoms with E-state index < -0.39 is 0 Å². The molecule has 0 aliphatic rings. The van der Waals surface area contributed by atoms with Crippen LogP contribution in [0, 0.1) is 24.6 Å². The summed E-state index contributed by atoms with van der Waals surface area (Å²) in [5.74, 6) is 4.74. The zero-order valence-corrected chi connectivity index (χ0v) is 11.1. The van der Waals surface area contributed by atoms with Crippen LogP contribution in [0.15, 0.2) is 29.6 Å². The van der Waals surface area contributed by atoms with Crippen LogP contribution in [0.25, 0.3) is 0 Å². The van der Waals surface area contributed by atoms with Gasteiger partial charge in [0.25, 0.3) is 5.91 Å². The lowest BCUT2D eigenvalue weighted by Crippen LogP contribution is -2.23. The summed E-state index contributed by atoms with van der Waals surface area (Å²) in [6, 6.07) is 6.26. The molecule has 2 rings (SSSR count). The maximum atomic E-state index is 13.2. The highest BCUT2D eigenvalue weighted by atomic mass is 32.1. The van der Waals surface area contributed by atoms with Crippen molar-refractivity contribution >= 4 is 17.2 Å². The fourth-order valence-electron chi connectivity index (χ4n) is 1.38. The molecule has 0 aliphatic carbocycles. The van der Waals surface area contributed by atoms with Gasteiger partial charge in [-0.2, -0.15) is 0 Å². The molecule has 1 aromatic carbocycles. The molecule has 0 spiro atoms. The molecule has 0 saturated heterocycles. The largest absolute Gasteiger partial charge is 0.340 e. The molecule has 3 nitrogen and oxygen atoms in total. The molecule has 1 N–H and O–H groups in total. The highest BCUT2D eigenvalue weighted by molar-refractivity contribution is 7.09. The lowest BCUT2D eigenvalue weighted by molar-refractivity contribution is 0.0954. The van der Waals surface area contributed by atoms with Crippen molar-refractivity contribution in [2.24, 2.45) is 0 Å². The summed E-state index contributed by atoms with van der Waals surface area (Å²) in [5.41, 5.74) is 0.705. The molecule has 1 aromatic heterocycles. The second-order valence-electron chi connectivity index (χ2n) is 3.72. The van der Waals surface area contributed by atoms with E-state index in [0.29, 0.717) is 11.3 Å². The van der Waals surface area contributed by atoms with Crippen molar-refractivity contribution in [2.75, 3.05) is 6.54 Å². The SMILES string of the molecule is Cc1nc(C(=O)NCC#Cc2ccccc2F)cs1. The Labute approximate surface area is 114 Å². The summed E-state index contributed by atoms with van der Waals surface area (Å²) in [4.78, 5) is 15.7. The zero-order chi connectivity index (χ0) is 13.7. The molecular weight excluding hydrogens is 263 g/mol. The van der Waals surface area contributed by atoms with Crippen LogP contribution in [-0.4, -0.2) is 17.4 Å². The molecular formula is C14H11FN2OS. The van der Waals surface area contributed by atoms with Crippen LogP contribution in [0.2, 0.25) is 0 Å². The zero-order valence-electron chi connectivity index (χ0n) is 10.2. The van der Waals surface area contributed by atoms with Crippen molar-refractivity contribution in [3.63, 3.8) is 0 Å². The number of nitrogens with zero attached hydrogens (tertiary/aromatic N) is 1. The Kier molecular flexibility index (Phi) is 4.26. The summed E-state index contributed by atoms with van der Waals surface area (Å²) >= 11 is 1.41. The lowest BCUT2D eigenvalue weighted by atomic mass is 10.2. The molecule has 0 aliphatic heterocycles. The van der Waals surface area contributed by atoms with Crippen molar-refractivity contribution in [1.29, 1.82) is 0 Å². The van der Waals surface area contributed by atoms with Gasteiger partial charge in [-0.15, -0.1) is 11.3 Å². The molecule has 0 radical (unpaired) electrons. The van der Waals surface area contributed by atoms with E-state index in [-0.39, 0.29) is 18.3 Å². The Bertz CT molecular complexity index is 655. The van der Waals surface area contributed by atoms with Crippen molar-refractivity contribution in [1.82, 2.24) is 10.3 Å². The fourth-order valence-corrected chi connectivity index (χ4v) is 1.98. The Balaban J connectivity index is 1.91. The molecule has 5 heteroatoms. The van der Waals surface area contributed by atoms with Crippen LogP contribution in [-0.2, 0) is 0 Å². The number of amides is 1. The molecule has 0 bridgehead atoms. The molecule has 0 atom stereocenters. The number of thiazole rings is 1. The van der Waals surface area contributed by atoms with Gasteiger partial charge in [-0.05, 0) is 19.1 Å². The minimum Gasteiger partial charge on any atom is -0.340 e. The third-order valence-corrected chi connectivity index (χ3v) is 3.06. The molecule has 2 aromatic rings. The van der Waals surface area contributed by atoms with Crippen molar-refractivity contribution in [3.05, 3.63) is 51.7 Å². The van der Waals surface area contributed by atoms with E-state index in [4.69, 9.17) is 0 Å². The molecule has 96 valence electrons. The van der Waals surface area contributed by atoms with Gasteiger partial charge in [-0.25, -0.2) is 9.37 Å². The second-order valence-corrected chi connectivity index (χ2v) is 4.78. The number of aromatic nitrogens is 1. The van der Waals surface area contributed by atoms with Crippen LogP contribution in [0.5, 0.6) is 0 Å². The maximum Gasteiger partial charge on any atom is 0.271 e. The first-order valence-electron chi connectivity index (χ1n) is 5.60. The number of carbonyl (C=O) groups excluding carboxylic acids is 1. The van der Waals surface area contributed by atoms with Crippen LogP contribution in [0.3, 0.4) is 0 Å². The van der Waals surface area contributed by atoms with Gasteiger partial charge in [0.05, 0.1) is 17.1 Å².